The average Bonchev–Trinajstić information content (AvgIpc) is 2.35. The van der Waals surface area contributed by atoms with Gasteiger partial charge in [-0.05, 0) is 40.2 Å². The molecule has 0 spiro atoms. The van der Waals surface area contributed by atoms with Crippen LogP contribution in [0.4, 0.5) is 10.1 Å². The Balaban J connectivity index is 2.47. The molecule has 0 radical (unpaired) electrons. The molecule has 0 amide bonds. The molecule has 0 heterocycles. The van der Waals surface area contributed by atoms with Crippen LogP contribution in [0.25, 0.3) is 0 Å². The van der Waals surface area contributed by atoms with Crippen molar-refractivity contribution >= 4 is 31.5 Å². The van der Waals surface area contributed by atoms with Crippen molar-refractivity contribution in [1.82, 2.24) is 0 Å². The summed E-state index contributed by atoms with van der Waals surface area (Å²) in [4.78, 5) is -0.0254. The predicted octanol–water partition coefficient (Wildman–Crippen LogP) is 3.37. The lowest BCUT2D eigenvalue weighted by molar-refractivity contribution is 0.474. The summed E-state index contributed by atoms with van der Waals surface area (Å²) in [6, 6.07) is 8.35. The van der Waals surface area contributed by atoms with Gasteiger partial charge in [-0.2, -0.15) is 0 Å². The molecular formula is C13H11BrFNO3S. The number of para-hydroxylation sites is 1. The molecule has 0 unspecified atom stereocenters. The fraction of sp³-hybridized carbons (Fsp3) is 0.0769. The van der Waals surface area contributed by atoms with Crippen LogP contribution < -0.4 is 10.5 Å². The van der Waals surface area contributed by atoms with Crippen LogP contribution in [0.1, 0.15) is 0 Å². The van der Waals surface area contributed by atoms with Crippen molar-refractivity contribution in [3.8, 4) is 11.5 Å². The first kappa shape index (κ1) is 14.8. The normalized spacial score (nSPS) is 11.3. The maximum atomic E-state index is 13.2. The van der Waals surface area contributed by atoms with Crippen LogP contribution in [-0.2, 0) is 9.84 Å². The van der Waals surface area contributed by atoms with E-state index in [1.807, 2.05) is 0 Å². The summed E-state index contributed by atoms with van der Waals surface area (Å²) >= 11 is 3.22. The van der Waals surface area contributed by atoms with Gasteiger partial charge in [0, 0.05) is 12.3 Å². The average molecular weight is 360 g/mol. The first-order valence-electron chi connectivity index (χ1n) is 5.50. The number of hydrogen-bond acceptors (Lipinski definition) is 4. The van der Waals surface area contributed by atoms with Gasteiger partial charge in [0.1, 0.15) is 11.6 Å². The van der Waals surface area contributed by atoms with Gasteiger partial charge in [0.25, 0.3) is 0 Å². The molecule has 0 fully saturated rings. The number of rotatable bonds is 3. The van der Waals surface area contributed by atoms with Crippen LogP contribution in [0.3, 0.4) is 0 Å². The lowest BCUT2D eigenvalue weighted by Crippen LogP contribution is -2.03. The summed E-state index contributed by atoms with van der Waals surface area (Å²) in [6.07, 6.45) is 1.06. The molecule has 2 N–H and O–H groups in total. The van der Waals surface area contributed by atoms with Crippen molar-refractivity contribution in [2.75, 3.05) is 12.0 Å². The second kappa shape index (κ2) is 5.41. The zero-order valence-corrected chi connectivity index (χ0v) is 12.8. The summed E-state index contributed by atoms with van der Waals surface area (Å²) in [7, 11) is -3.46. The van der Waals surface area contributed by atoms with E-state index >= 15 is 0 Å². The third-order valence-electron chi connectivity index (χ3n) is 2.54. The van der Waals surface area contributed by atoms with Crippen molar-refractivity contribution in [3.05, 3.63) is 46.7 Å². The predicted molar refractivity (Wildman–Crippen MR) is 78.1 cm³/mol. The number of sulfone groups is 1. The molecule has 0 aliphatic rings. The molecule has 0 aromatic heterocycles. The Kier molecular flexibility index (Phi) is 4.01. The number of benzene rings is 2. The van der Waals surface area contributed by atoms with Crippen LogP contribution >= 0.6 is 15.9 Å². The fourth-order valence-corrected chi connectivity index (χ4v) is 2.76. The zero-order chi connectivity index (χ0) is 14.9. The second-order valence-electron chi connectivity index (χ2n) is 4.12. The van der Waals surface area contributed by atoms with Crippen molar-refractivity contribution in [3.63, 3.8) is 0 Å². The SMILES string of the molecule is CS(=O)(=O)c1cccc(Oc2cc(F)ccc2Br)c1N. The van der Waals surface area contributed by atoms with Gasteiger partial charge < -0.3 is 10.5 Å². The van der Waals surface area contributed by atoms with E-state index in [1.54, 1.807) is 0 Å². The van der Waals surface area contributed by atoms with Crippen molar-refractivity contribution < 1.29 is 17.5 Å². The fourth-order valence-electron chi connectivity index (χ4n) is 1.61. The number of nitrogen functional groups attached to an aromatic ring is 1. The second-order valence-corrected chi connectivity index (χ2v) is 6.96. The van der Waals surface area contributed by atoms with Gasteiger partial charge >= 0.3 is 0 Å². The molecule has 0 saturated carbocycles. The molecule has 0 bridgehead atoms. The Labute approximate surface area is 124 Å². The van der Waals surface area contributed by atoms with Crippen LogP contribution in [-0.4, -0.2) is 14.7 Å². The van der Waals surface area contributed by atoms with Gasteiger partial charge in [-0.3, -0.25) is 0 Å². The molecule has 20 heavy (non-hydrogen) atoms. The van der Waals surface area contributed by atoms with E-state index in [9.17, 15) is 12.8 Å². The highest BCUT2D eigenvalue weighted by Crippen LogP contribution is 2.35. The van der Waals surface area contributed by atoms with Crippen LogP contribution in [0.2, 0.25) is 0 Å². The lowest BCUT2D eigenvalue weighted by Gasteiger charge is -2.12. The number of halogens is 2. The van der Waals surface area contributed by atoms with E-state index in [4.69, 9.17) is 10.5 Å². The molecular weight excluding hydrogens is 349 g/mol. The first-order chi connectivity index (χ1) is 9.29. The Morgan fingerprint density at radius 3 is 2.55 bits per heavy atom. The molecule has 0 aliphatic carbocycles. The Hall–Kier alpha value is -1.60. The van der Waals surface area contributed by atoms with Crippen molar-refractivity contribution in [2.45, 2.75) is 4.90 Å². The van der Waals surface area contributed by atoms with E-state index in [1.165, 1.54) is 36.4 Å². The number of ether oxygens (including phenoxy) is 1. The summed E-state index contributed by atoms with van der Waals surface area (Å²) in [5.41, 5.74) is 5.78. The molecule has 106 valence electrons. The van der Waals surface area contributed by atoms with E-state index in [2.05, 4.69) is 15.9 Å². The zero-order valence-electron chi connectivity index (χ0n) is 10.4. The van der Waals surface area contributed by atoms with E-state index in [0.29, 0.717) is 4.47 Å². The number of anilines is 1. The lowest BCUT2D eigenvalue weighted by atomic mass is 10.3. The molecule has 0 saturated heterocycles. The Morgan fingerprint density at radius 2 is 1.90 bits per heavy atom. The third-order valence-corrected chi connectivity index (χ3v) is 4.35. The minimum Gasteiger partial charge on any atom is -0.454 e. The monoisotopic (exact) mass is 359 g/mol. The van der Waals surface area contributed by atoms with Crippen LogP contribution in [0.15, 0.2) is 45.8 Å². The number of nitrogens with two attached hydrogens (primary N) is 1. The highest BCUT2D eigenvalue weighted by Gasteiger charge is 2.16. The summed E-state index contributed by atoms with van der Waals surface area (Å²) in [5, 5.41) is 0. The van der Waals surface area contributed by atoms with Crippen LogP contribution in [0.5, 0.6) is 11.5 Å². The quantitative estimate of drug-likeness (QED) is 0.853. The highest BCUT2D eigenvalue weighted by molar-refractivity contribution is 9.10. The Morgan fingerprint density at radius 1 is 1.20 bits per heavy atom. The largest absolute Gasteiger partial charge is 0.454 e. The molecule has 0 atom stereocenters. The summed E-state index contributed by atoms with van der Waals surface area (Å²) < 4.78 is 42.4. The minimum absolute atomic E-state index is 0.00818. The molecule has 2 aromatic rings. The molecule has 0 aliphatic heterocycles. The van der Waals surface area contributed by atoms with Crippen molar-refractivity contribution in [1.29, 1.82) is 0 Å². The number of hydrogen-bond donors (Lipinski definition) is 1. The third kappa shape index (κ3) is 3.10. The van der Waals surface area contributed by atoms with Gasteiger partial charge in [-0.1, -0.05) is 6.07 Å². The van der Waals surface area contributed by atoms with Gasteiger partial charge in [0.05, 0.1) is 15.1 Å². The topological polar surface area (TPSA) is 69.4 Å². The highest BCUT2D eigenvalue weighted by atomic mass is 79.9. The molecule has 2 rings (SSSR count). The molecule has 4 nitrogen and oxygen atoms in total. The maximum absolute atomic E-state index is 13.2. The first-order valence-corrected chi connectivity index (χ1v) is 8.19. The molecule has 2 aromatic carbocycles. The van der Waals surface area contributed by atoms with Crippen LogP contribution in [0, 0.1) is 5.82 Å². The van der Waals surface area contributed by atoms with Crippen molar-refractivity contribution in [2.24, 2.45) is 0 Å². The van der Waals surface area contributed by atoms with Gasteiger partial charge in [-0.25, -0.2) is 12.8 Å². The smallest absolute Gasteiger partial charge is 0.177 e. The van der Waals surface area contributed by atoms with Gasteiger partial charge in [0.2, 0.25) is 0 Å². The standard InChI is InChI=1S/C13H11BrFNO3S/c1-20(17,18)12-4-2-3-10(13(12)16)19-11-7-8(15)5-6-9(11)14/h2-7H,16H2,1H3. The molecule has 7 heteroatoms. The minimum atomic E-state index is -3.46. The summed E-state index contributed by atoms with van der Waals surface area (Å²) in [5.74, 6) is -0.109. The summed E-state index contributed by atoms with van der Waals surface area (Å²) in [6.45, 7) is 0. The van der Waals surface area contributed by atoms with Gasteiger partial charge in [0.15, 0.2) is 15.6 Å². The van der Waals surface area contributed by atoms with E-state index in [0.717, 1.165) is 6.26 Å². The maximum Gasteiger partial charge on any atom is 0.177 e. The van der Waals surface area contributed by atoms with Gasteiger partial charge in [-0.15, -0.1) is 0 Å². The Bertz CT molecular complexity index is 762. The van der Waals surface area contributed by atoms with E-state index in [-0.39, 0.29) is 22.1 Å². The van der Waals surface area contributed by atoms with E-state index < -0.39 is 15.7 Å².